The molecule has 0 saturated heterocycles. The van der Waals surface area contributed by atoms with Crippen molar-refractivity contribution in [1.82, 2.24) is 0 Å². The highest BCUT2D eigenvalue weighted by atomic mass is 19.4. The Morgan fingerprint density at radius 1 is 1.20 bits per heavy atom. The highest BCUT2D eigenvalue weighted by Gasteiger charge is 2.64. The molecule has 0 N–H and O–H groups in total. The fraction of sp³-hybridized carbons (Fsp3) is 0.615. The summed E-state index contributed by atoms with van der Waals surface area (Å²) in [5.74, 6) is -8.59. The second kappa shape index (κ2) is 6.85. The maximum absolute atomic E-state index is 12.7. The molecular formula is C13H17F5O2. The van der Waals surface area contributed by atoms with Crippen LogP contribution in [0.4, 0.5) is 22.0 Å². The van der Waals surface area contributed by atoms with Gasteiger partial charge < -0.3 is 4.74 Å². The van der Waals surface area contributed by atoms with Crippen LogP contribution in [0.2, 0.25) is 0 Å². The normalized spacial score (nSPS) is 13.6. The number of esters is 1. The van der Waals surface area contributed by atoms with Gasteiger partial charge in [0.2, 0.25) is 0 Å². The molecular weight excluding hydrogens is 283 g/mol. The van der Waals surface area contributed by atoms with Gasteiger partial charge in [0.05, 0.1) is 6.61 Å². The van der Waals surface area contributed by atoms with Gasteiger partial charge in [0, 0.05) is 5.92 Å². The Hall–Kier alpha value is -1.40. The minimum Gasteiger partial charge on any atom is -0.460 e. The van der Waals surface area contributed by atoms with Crippen LogP contribution in [0, 0.1) is 5.92 Å². The fourth-order valence-corrected chi connectivity index (χ4v) is 1.17. The molecule has 0 aromatic carbocycles. The minimum atomic E-state index is -5.96. The van der Waals surface area contributed by atoms with Gasteiger partial charge in [0.25, 0.3) is 0 Å². The third-order valence-corrected chi connectivity index (χ3v) is 2.54. The quantitative estimate of drug-likeness (QED) is 0.416. The zero-order valence-corrected chi connectivity index (χ0v) is 11.5. The Morgan fingerprint density at radius 3 is 2.05 bits per heavy atom. The summed E-state index contributed by atoms with van der Waals surface area (Å²) in [7, 11) is 0. The molecule has 0 aliphatic heterocycles. The van der Waals surface area contributed by atoms with Crippen LogP contribution in [-0.2, 0) is 9.53 Å². The molecule has 116 valence electrons. The summed E-state index contributed by atoms with van der Waals surface area (Å²) in [5, 5.41) is 0. The summed E-state index contributed by atoms with van der Waals surface area (Å²) in [6.07, 6.45) is -3.85. The maximum atomic E-state index is 12.7. The monoisotopic (exact) mass is 300 g/mol. The number of hydrogen-bond acceptors (Lipinski definition) is 2. The van der Waals surface area contributed by atoms with Crippen molar-refractivity contribution in [2.45, 2.75) is 39.3 Å². The van der Waals surface area contributed by atoms with Gasteiger partial charge in [-0.3, -0.25) is 0 Å². The smallest absolute Gasteiger partial charge is 0.460 e. The largest absolute Gasteiger partial charge is 0.465 e. The van der Waals surface area contributed by atoms with Crippen molar-refractivity contribution >= 4 is 5.97 Å². The summed E-state index contributed by atoms with van der Waals surface area (Å²) < 4.78 is 65.2. The Balaban J connectivity index is 4.69. The van der Waals surface area contributed by atoms with Crippen LogP contribution in [0.25, 0.3) is 0 Å². The van der Waals surface area contributed by atoms with Crippen LogP contribution in [0.1, 0.15) is 27.2 Å². The highest BCUT2D eigenvalue weighted by molar-refractivity contribution is 5.78. The van der Waals surface area contributed by atoms with E-state index in [9.17, 15) is 26.7 Å². The Labute approximate surface area is 114 Å². The standard InChI is InChI=1S/C13H17F5O2/c1-8(2)5-6-10(9(3)4)7-20-11(19)12(14,15)13(16,17)18/h5,10H,3,6-7H2,1-2,4H3. The van der Waals surface area contributed by atoms with E-state index in [-0.39, 0.29) is 0 Å². The minimum absolute atomic E-state index is 0.350. The van der Waals surface area contributed by atoms with Crippen LogP contribution in [0.5, 0.6) is 0 Å². The van der Waals surface area contributed by atoms with E-state index < -0.39 is 30.6 Å². The van der Waals surface area contributed by atoms with E-state index in [4.69, 9.17) is 0 Å². The summed E-state index contributed by atoms with van der Waals surface area (Å²) in [6, 6.07) is 0. The zero-order chi connectivity index (χ0) is 16.1. The lowest BCUT2D eigenvalue weighted by atomic mass is 9.98. The fourth-order valence-electron chi connectivity index (χ4n) is 1.17. The summed E-state index contributed by atoms with van der Waals surface area (Å²) in [6.45, 7) is 8.22. The summed E-state index contributed by atoms with van der Waals surface area (Å²) in [5.41, 5.74) is 1.48. The molecule has 0 aromatic heterocycles. The molecule has 20 heavy (non-hydrogen) atoms. The number of alkyl halides is 5. The topological polar surface area (TPSA) is 26.3 Å². The second-order valence-corrected chi connectivity index (χ2v) is 4.73. The first kappa shape index (κ1) is 18.6. The Morgan fingerprint density at radius 2 is 1.70 bits per heavy atom. The van der Waals surface area contributed by atoms with E-state index >= 15 is 0 Å². The van der Waals surface area contributed by atoms with Gasteiger partial charge >= 0.3 is 18.1 Å². The SMILES string of the molecule is C=C(C)C(CC=C(C)C)COC(=O)C(F)(F)C(F)(F)F. The van der Waals surface area contributed by atoms with E-state index in [0.29, 0.717) is 12.0 Å². The molecule has 0 fully saturated rings. The first-order chi connectivity index (χ1) is 8.89. The average Bonchev–Trinajstić information content (AvgIpc) is 2.25. The molecule has 1 unspecified atom stereocenters. The number of ether oxygens (including phenoxy) is 1. The van der Waals surface area contributed by atoms with Gasteiger partial charge in [-0.2, -0.15) is 22.0 Å². The second-order valence-electron chi connectivity index (χ2n) is 4.73. The lowest BCUT2D eigenvalue weighted by Crippen LogP contribution is -2.45. The molecule has 2 nitrogen and oxygen atoms in total. The Kier molecular flexibility index (Phi) is 6.37. The maximum Gasteiger partial charge on any atom is 0.465 e. The number of rotatable bonds is 6. The molecule has 0 saturated carbocycles. The molecule has 0 aliphatic rings. The molecule has 1 atom stereocenters. The average molecular weight is 300 g/mol. The van der Waals surface area contributed by atoms with Crippen molar-refractivity contribution in [2.24, 2.45) is 5.92 Å². The third-order valence-electron chi connectivity index (χ3n) is 2.54. The van der Waals surface area contributed by atoms with Gasteiger partial charge in [-0.05, 0) is 27.2 Å². The van der Waals surface area contributed by atoms with Crippen molar-refractivity contribution in [2.75, 3.05) is 6.61 Å². The molecule has 0 amide bonds. The van der Waals surface area contributed by atoms with Crippen molar-refractivity contribution in [3.63, 3.8) is 0 Å². The molecule has 0 aliphatic carbocycles. The summed E-state index contributed by atoms with van der Waals surface area (Å²) >= 11 is 0. The molecule has 0 spiro atoms. The van der Waals surface area contributed by atoms with E-state index in [1.807, 2.05) is 0 Å². The van der Waals surface area contributed by atoms with Gasteiger partial charge in [-0.15, -0.1) is 0 Å². The zero-order valence-electron chi connectivity index (χ0n) is 11.5. The van der Waals surface area contributed by atoms with Gasteiger partial charge in [0.15, 0.2) is 0 Å². The van der Waals surface area contributed by atoms with Crippen molar-refractivity contribution in [3.05, 3.63) is 23.8 Å². The van der Waals surface area contributed by atoms with E-state index in [1.165, 1.54) is 0 Å². The molecule has 0 heterocycles. The van der Waals surface area contributed by atoms with Crippen molar-refractivity contribution in [3.8, 4) is 0 Å². The van der Waals surface area contributed by atoms with E-state index in [0.717, 1.165) is 5.57 Å². The first-order valence-corrected chi connectivity index (χ1v) is 5.80. The predicted molar refractivity (Wildman–Crippen MR) is 64.3 cm³/mol. The van der Waals surface area contributed by atoms with Crippen LogP contribution in [0.15, 0.2) is 23.8 Å². The molecule has 0 aromatic rings. The van der Waals surface area contributed by atoms with Crippen LogP contribution >= 0.6 is 0 Å². The molecule has 0 rings (SSSR count). The number of carbonyl (C=O) groups excluding carboxylic acids is 1. The number of hydrogen-bond donors (Lipinski definition) is 0. The summed E-state index contributed by atoms with van der Waals surface area (Å²) in [4.78, 5) is 10.8. The number of halogens is 5. The Bertz CT molecular complexity index is 392. The van der Waals surface area contributed by atoms with Crippen molar-refractivity contribution < 1.29 is 31.5 Å². The van der Waals surface area contributed by atoms with Crippen LogP contribution in [-0.4, -0.2) is 24.7 Å². The highest BCUT2D eigenvalue weighted by Crippen LogP contribution is 2.36. The third kappa shape index (κ3) is 5.30. The molecule has 0 bridgehead atoms. The molecule has 0 radical (unpaired) electrons. The predicted octanol–water partition coefficient (Wildman–Crippen LogP) is 4.28. The van der Waals surface area contributed by atoms with Crippen molar-refractivity contribution in [1.29, 1.82) is 0 Å². The van der Waals surface area contributed by atoms with Crippen LogP contribution in [0.3, 0.4) is 0 Å². The van der Waals surface area contributed by atoms with E-state index in [1.54, 1.807) is 26.8 Å². The van der Waals surface area contributed by atoms with E-state index in [2.05, 4.69) is 11.3 Å². The van der Waals surface area contributed by atoms with Gasteiger partial charge in [0.1, 0.15) is 0 Å². The lowest BCUT2D eigenvalue weighted by Gasteiger charge is -2.20. The lowest BCUT2D eigenvalue weighted by molar-refractivity contribution is -0.280. The van der Waals surface area contributed by atoms with Gasteiger partial charge in [-0.1, -0.05) is 23.8 Å². The van der Waals surface area contributed by atoms with Gasteiger partial charge in [-0.25, -0.2) is 4.79 Å². The van der Waals surface area contributed by atoms with Crippen LogP contribution < -0.4 is 0 Å². The molecule has 7 heteroatoms. The number of carbonyl (C=O) groups is 1. The number of allylic oxidation sites excluding steroid dienone is 2. The first-order valence-electron chi connectivity index (χ1n) is 5.80.